The summed E-state index contributed by atoms with van der Waals surface area (Å²) in [6.45, 7) is 3.14. The first kappa shape index (κ1) is 25.1. The van der Waals surface area contributed by atoms with Crippen LogP contribution >= 0.6 is 45.7 Å². The summed E-state index contributed by atoms with van der Waals surface area (Å²) in [7, 11) is 0. The van der Waals surface area contributed by atoms with Gasteiger partial charge in [0.05, 0.1) is 0 Å². The number of hydrogen-bond donors (Lipinski definition) is 0. The maximum atomic E-state index is 12.4. The maximum absolute atomic E-state index is 12.4. The number of halogens is 3. The van der Waals surface area contributed by atoms with Gasteiger partial charge in [0.15, 0.2) is 0 Å². The van der Waals surface area contributed by atoms with Crippen molar-refractivity contribution in [2.24, 2.45) is 0 Å². The summed E-state index contributed by atoms with van der Waals surface area (Å²) in [5.41, 5.74) is 2.60. The van der Waals surface area contributed by atoms with Gasteiger partial charge < -0.3 is 0 Å². The van der Waals surface area contributed by atoms with Crippen LogP contribution in [0.1, 0.15) is 87.5 Å². The van der Waals surface area contributed by atoms with Gasteiger partial charge in [0.25, 0.3) is 0 Å². The van der Waals surface area contributed by atoms with Gasteiger partial charge in [0.1, 0.15) is 5.82 Å². The Bertz CT molecular complexity index is 835. The molecule has 0 amide bonds. The van der Waals surface area contributed by atoms with Crippen LogP contribution in [0.25, 0.3) is 0 Å². The van der Waals surface area contributed by atoms with Crippen LogP contribution in [-0.2, 0) is 25.9 Å². The van der Waals surface area contributed by atoms with Gasteiger partial charge in [-0.1, -0.05) is 12.1 Å². The van der Waals surface area contributed by atoms with Crippen LogP contribution in [-0.4, -0.2) is 10.5 Å². The van der Waals surface area contributed by atoms with Crippen LogP contribution in [0.5, 0.6) is 0 Å². The van der Waals surface area contributed by atoms with Gasteiger partial charge in [0.2, 0.25) is 0 Å². The minimum absolute atomic E-state index is 0.179. The molecule has 1 heterocycles. The quantitative estimate of drug-likeness (QED) is 0.225. The largest absolute Gasteiger partial charge is 0.207 e. The molecule has 2 aliphatic rings. The van der Waals surface area contributed by atoms with Crippen molar-refractivity contribution in [3.05, 3.63) is 51.3 Å². The van der Waals surface area contributed by atoms with Crippen LogP contribution in [0.15, 0.2) is 30.5 Å². The van der Waals surface area contributed by atoms with Crippen molar-refractivity contribution in [1.82, 2.24) is 10.5 Å². The van der Waals surface area contributed by atoms with Crippen molar-refractivity contribution in [3.8, 4) is 0 Å². The van der Waals surface area contributed by atoms with Gasteiger partial charge in [-0.3, -0.25) is 0 Å². The van der Waals surface area contributed by atoms with Crippen molar-refractivity contribution in [2.45, 2.75) is 89.8 Å². The molecule has 7 heteroatoms. The molecule has 2 fully saturated rings. The monoisotopic (exact) mass is 818 g/mol. The van der Waals surface area contributed by atoms with Gasteiger partial charge in [-0.15, -0.1) is 0 Å². The summed E-state index contributed by atoms with van der Waals surface area (Å²) >= 11 is 6.94. The molecule has 0 aliphatic heterocycles. The zero-order valence-electron chi connectivity index (χ0n) is 17.6. The van der Waals surface area contributed by atoms with Crippen molar-refractivity contribution in [2.75, 3.05) is 0 Å². The van der Waals surface area contributed by atoms with Crippen molar-refractivity contribution in [3.63, 3.8) is 0 Å². The van der Waals surface area contributed by atoms with Crippen LogP contribution in [0.3, 0.4) is 0 Å². The Morgan fingerprint density at radius 1 is 0.933 bits per heavy atom. The smallest absolute Gasteiger partial charge is 0.123 e. The molecule has 0 saturated heterocycles. The number of aromatic nitrogens is 2. The number of aryl methyl sites for hydroxylation is 1. The van der Waals surface area contributed by atoms with E-state index in [0.29, 0.717) is 0 Å². The molecule has 4 rings (SSSR count). The molecule has 0 atom stereocenters. The average molecular weight is 818 g/mol. The molecule has 0 unspecified atom stereocenters. The number of hydrogen-bond acceptors (Lipinski definition) is 1. The molecule has 170 valence electrons. The summed E-state index contributed by atoms with van der Waals surface area (Å²) in [5.74, 6) is -0.179. The van der Waals surface area contributed by atoms with E-state index in [1.54, 1.807) is 12.1 Å². The zero-order valence-corrected chi connectivity index (χ0v) is 24.2. The first-order valence-corrected chi connectivity index (χ1v) is 14.1. The van der Waals surface area contributed by atoms with Gasteiger partial charge in [-0.2, -0.15) is 1.33 Å². The van der Waals surface area contributed by atoms with E-state index in [1.165, 1.54) is 85.8 Å². The zero-order chi connectivity index (χ0) is 21.5. The normalized spacial score (nSPS) is 18.4. The topological polar surface area (TPSA) is 13.1 Å². The minimum atomic E-state index is -0.179. The number of benzene rings is 1. The molecule has 1 aromatic heterocycles. The predicted octanol–water partition coefficient (Wildman–Crippen LogP) is 8.01. The summed E-state index contributed by atoms with van der Waals surface area (Å²) in [6.07, 6.45) is 16.5. The Balaban J connectivity index is 0.000000199. The third-order valence-corrected chi connectivity index (χ3v) is 8.03. The average Bonchev–Trinajstić information content (AvgIpc) is 3.05. The maximum Gasteiger partial charge on any atom is 0.123 e. The second-order valence-electron chi connectivity index (χ2n) is 8.46. The molecule has 30 heavy (non-hydrogen) atoms. The fourth-order valence-corrected chi connectivity index (χ4v) is 6.84. The summed E-state index contributed by atoms with van der Waals surface area (Å²) in [6, 6.07) is 8.08. The molecule has 0 radical (unpaired) electrons. The number of nitrogens with zero attached hydrogens (tertiary/aromatic N) is 3. The Morgan fingerprint density at radius 2 is 1.47 bits per heavy atom. The van der Waals surface area contributed by atoms with E-state index < -0.39 is 0 Å². The molecule has 2 aliphatic carbocycles. The van der Waals surface area contributed by atoms with Crippen LogP contribution in [0, 0.1) is 16.5 Å². The van der Waals surface area contributed by atoms with Crippen LogP contribution in [0.4, 0.5) is 4.39 Å². The van der Waals surface area contributed by atoms with E-state index in [0.717, 1.165) is 24.2 Å². The van der Waals surface area contributed by atoms with E-state index in [2.05, 4.69) is 87.3 Å². The van der Waals surface area contributed by atoms with E-state index in [4.69, 9.17) is 0 Å². The first-order chi connectivity index (χ1) is 14.5. The Morgan fingerprint density at radius 3 is 2.00 bits per heavy atom. The van der Waals surface area contributed by atoms with E-state index in [1.807, 2.05) is 1.33 Å². The van der Waals surface area contributed by atoms with Gasteiger partial charge in [0, 0.05) is 52.3 Å². The Labute approximate surface area is 219 Å². The molecule has 0 bridgehead atoms. The van der Waals surface area contributed by atoms with Gasteiger partial charge in [-0.05, 0) is 17.7 Å². The molecular formula is C23H32FI2N3Pt. The molecule has 2 aromatic rings. The number of imidazole rings is 1. The first-order valence-electron chi connectivity index (χ1n) is 11.0. The summed E-state index contributed by atoms with van der Waals surface area (Å²) in [5, 5.41) is 0. The number of rotatable bonds is 4. The molecule has 0 N–H and O–H groups in total. The molecule has 3 nitrogen and oxygen atoms in total. The molecule has 0 spiro atoms. The van der Waals surface area contributed by atoms with Crippen LogP contribution < -0.4 is 0 Å². The van der Waals surface area contributed by atoms with E-state index in [-0.39, 0.29) is 5.82 Å². The van der Waals surface area contributed by atoms with Crippen LogP contribution in [0.2, 0.25) is 0 Å². The molecule has 1 aromatic carbocycles. The minimum Gasteiger partial charge on any atom is -0.207 e. The third kappa shape index (κ3) is 7.24. The SMILES string of the molecule is Cc1cn(C2CCCCC2)[c](=[Pt])n1C1CCCCC1.Fc1ccc(CN(I)I)cc1. The Hall–Kier alpha value is 0.468. The van der Waals surface area contributed by atoms with E-state index in [9.17, 15) is 4.39 Å². The summed E-state index contributed by atoms with van der Waals surface area (Å²) in [4.78, 5) is 0. The molecular weight excluding hydrogens is 786 g/mol. The fraction of sp³-hybridized carbons (Fsp3) is 0.609. The molecule has 2 saturated carbocycles. The Kier molecular flexibility index (Phi) is 10.6. The van der Waals surface area contributed by atoms with Gasteiger partial charge in [-0.25, -0.2) is 4.39 Å². The third-order valence-electron chi connectivity index (χ3n) is 6.21. The second-order valence-corrected chi connectivity index (χ2v) is 13.7. The van der Waals surface area contributed by atoms with E-state index >= 15 is 0 Å². The van der Waals surface area contributed by atoms with Crippen molar-refractivity contribution >= 4 is 45.7 Å². The van der Waals surface area contributed by atoms with Gasteiger partial charge >= 0.3 is 127 Å². The standard InChI is InChI=1S/C16H26N2.C7H6FI2N.Pt/c1-14-12-17(15-8-4-2-5-9-15)13-18(14)16-10-6-3-7-11-16;8-7-3-1-6(2-4-7)5-11(9)10;/h12,15-16H,2-11H2,1H3;1-4H,5H2;. The second kappa shape index (κ2) is 12.6. The fourth-order valence-electron chi connectivity index (χ4n) is 4.67. The van der Waals surface area contributed by atoms with Crippen molar-refractivity contribution < 1.29 is 23.7 Å². The van der Waals surface area contributed by atoms with Crippen molar-refractivity contribution in [1.29, 1.82) is 0 Å². The summed E-state index contributed by atoms with van der Waals surface area (Å²) < 4.78 is 21.1. The predicted molar refractivity (Wildman–Crippen MR) is 135 cm³/mol.